The number of halogens is 1. The van der Waals surface area contributed by atoms with Gasteiger partial charge in [0.1, 0.15) is 5.15 Å². The van der Waals surface area contributed by atoms with Crippen LogP contribution in [0, 0.1) is 0 Å². The zero-order valence-corrected chi connectivity index (χ0v) is 20.0. The minimum absolute atomic E-state index is 0.0153. The summed E-state index contributed by atoms with van der Waals surface area (Å²) in [6.07, 6.45) is 0.109. The number of anilines is 1. The number of carbonyl (C=O) groups is 2. The summed E-state index contributed by atoms with van der Waals surface area (Å²) in [4.78, 5) is 29.9. The fourth-order valence-electron chi connectivity index (χ4n) is 3.49. The van der Waals surface area contributed by atoms with Gasteiger partial charge in [0.2, 0.25) is 16.1 Å². The van der Waals surface area contributed by atoms with Crippen molar-refractivity contribution >= 4 is 39.2 Å². The van der Waals surface area contributed by atoms with E-state index in [4.69, 9.17) is 21.1 Å². The van der Waals surface area contributed by atoms with Gasteiger partial charge in [-0.2, -0.15) is 4.31 Å². The Morgan fingerprint density at radius 3 is 2.49 bits per heavy atom. The molecule has 182 valence electrons. The highest BCUT2D eigenvalue weighted by Gasteiger charge is 2.29. The zero-order chi connectivity index (χ0) is 24.8. The second-order valence-corrected chi connectivity index (χ2v) is 9.87. The van der Waals surface area contributed by atoms with Gasteiger partial charge < -0.3 is 14.8 Å². The molecular formula is C24H22ClN3O6S. The van der Waals surface area contributed by atoms with E-state index in [1.165, 1.54) is 40.8 Å². The molecule has 0 unspecified atom stereocenters. The third-order valence-electron chi connectivity index (χ3n) is 5.25. The quantitative estimate of drug-likeness (QED) is 0.379. The van der Waals surface area contributed by atoms with Crippen LogP contribution in [-0.4, -0.2) is 55.9 Å². The summed E-state index contributed by atoms with van der Waals surface area (Å²) in [5.41, 5.74) is 0.678. The molecule has 0 spiro atoms. The lowest BCUT2D eigenvalue weighted by Gasteiger charge is -2.26. The first-order chi connectivity index (χ1) is 16.9. The van der Waals surface area contributed by atoms with E-state index in [0.29, 0.717) is 18.8 Å². The fraction of sp³-hybridized carbons (Fsp3) is 0.208. The molecule has 1 saturated heterocycles. The van der Waals surface area contributed by atoms with Crippen LogP contribution in [0.3, 0.4) is 0 Å². The van der Waals surface area contributed by atoms with Crippen molar-refractivity contribution in [2.24, 2.45) is 0 Å². The van der Waals surface area contributed by atoms with Crippen LogP contribution in [0.4, 0.5) is 5.69 Å². The number of nitrogens with one attached hydrogen (secondary N) is 1. The first-order valence-corrected chi connectivity index (χ1v) is 12.5. The van der Waals surface area contributed by atoms with E-state index in [0.717, 1.165) is 0 Å². The smallest absolute Gasteiger partial charge is 0.342 e. The third-order valence-corrected chi connectivity index (χ3v) is 7.45. The molecule has 11 heteroatoms. The molecule has 1 aromatic heterocycles. The second kappa shape index (κ2) is 11.0. The average molecular weight is 516 g/mol. The molecule has 1 fully saturated rings. The molecule has 1 aliphatic rings. The van der Waals surface area contributed by atoms with Gasteiger partial charge in [0.25, 0.3) is 5.91 Å². The van der Waals surface area contributed by atoms with E-state index in [1.807, 2.05) is 0 Å². The Labute approximate surface area is 207 Å². The number of nitrogens with zero attached hydrogens (tertiary/aromatic N) is 2. The van der Waals surface area contributed by atoms with Gasteiger partial charge in [-0.15, -0.1) is 0 Å². The van der Waals surface area contributed by atoms with Crippen LogP contribution in [0.1, 0.15) is 22.0 Å². The number of carbonyl (C=O) groups excluding carboxylic acids is 2. The molecule has 2 heterocycles. The van der Waals surface area contributed by atoms with Crippen molar-refractivity contribution in [1.82, 2.24) is 9.29 Å². The Hall–Kier alpha value is -3.31. The number of esters is 1. The molecule has 1 N–H and O–H groups in total. The van der Waals surface area contributed by atoms with Gasteiger partial charge in [-0.05, 0) is 30.3 Å². The number of morpholine rings is 1. The van der Waals surface area contributed by atoms with E-state index in [1.54, 1.807) is 36.4 Å². The minimum atomic E-state index is -3.76. The van der Waals surface area contributed by atoms with Crippen molar-refractivity contribution < 1.29 is 27.5 Å². The van der Waals surface area contributed by atoms with Gasteiger partial charge in [-0.1, -0.05) is 48.0 Å². The van der Waals surface area contributed by atoms with Crippen LogP contribution in [-0.2, 0) is 24.3 Å². The Morgan fingerprint density at radius 1 is 1.03 bits per heavy atom. The van der Waals surface area contributed by atoms with Crippen LogP contribution in [0.5, 0.6) is 0 Å². The summed E-state index contributed by atoms with van der Waals surface area (Å²) < 4.78 is 38.1. The normalized spacial score (nSPS) is 15.2. The number of benzene rings is 2. The summed E-state index contributed by atoms with van der Waals surface area (Å²) >= 11 is 6.00. The summed E-state index contributed by atoms with van der Waals surface area (Å²) in [5.74, 6) is -1.48. The number of sulfonamides is 1. The molecule has 9 nitrogen and oxygen atoms in total. The summed E-state index contributed by atoms with van der Waals surface area (Å²) in [7, 11) is -3.76. The molecular weight excluding hydrogens is 494 g/mol. The lowest BCUT2D eigenvalue weighted by atomic mass is 10.1. The molecule has 1 aliphatic heterocycles. The molecule has 0 radical (unpaired) electrons. The maximum Gasteiger partial charge on any atom is 0.342 e. The van der Waals surface area contributed by atoms with Gasteiger partial charge in [0.15, 0.2) is 0 Å². The van der Waals surface area contributed by atoms with Gasteiger partial charge in [0.05, 0.1) is 23.7 Å². The minimum Gasteiger partial charge on any atom is -0.444 e. The van der Waals surface area contributed by atoms with Crippen molar-refractivity contribution in [2.75, 3.05) is 31.6 Å². The molecule has 0 saturated carbocycles. The molecule has 0 aliphatic carbocycles. The Balaban J connectivity index is 1.57. The highest BCUT2D eigenvalue weighted by Crippen LogP contribution is 2.25. The molecule has 0 bridgehead atoms. The molecule has 1 atom stereocenters. The monoisotopic (exact) mass is 515 g/mol. The van der Waals surface area contributed by atoms with Crippen molar-refractivity contribution in [2.45, 2.75) is 11.0 Å². The van der Waals surface area contributed by atoms with Gasteiger partial charge >= 0.3 is 5.97 Å². The molecule has 1 amide bonds. The highest BCUT2D eigenvalue weighted by molar-refractivity contribution is 7.89. The van der Waals surface area contributed by atoms with Gasteiger partial charge in [-0.25, -0.2) is 18.2 Å². The number of rotatable bonds is 7. The highest BCUT2D eigenvalue weighted by atomic mass is 35.5. The zero-order valence-electron chi connectivity index (χ0n) is 18.5. The first kappa shape index (κ1) is 24.8. The predicted molar refractivity (Wildman–Crippen MR) is 128 cm³/mol. The largest absolute Gasteiger partial charge is 0.444 e. The summed E-state index contributed by atoms with van der Waals surface area (Å²) in [5, 5.41) is 2.60. The summed E-state index contributed by atoms with van der Waals surface area (Å²) in [6.45, 7) is 1.14. The number of ether oxygens (including phenoxy) is 2. The van der Waals surface area contributed by atoms with E-state index in [9.17, 15) is 18.0 Å². The standard InChI is InChI=1S/C24H22ClN3O6S/c25-22-20(10-5-11-26-22)24(30)34-21(17-6-2-1-3-7-17)23(29)27-18-8-4-9-19(16-18)35(31,32)28-12-14-33-15-13-28/h1-11,16,21H,12-15H2,(H,27,29)/t21-/m1/s1. The van der Waals surface area contributed by atoms with Gasteiger partial charge in [-0.3, -0.25) is 4.79 Å². The van der Waals surface area contributed by atoms with Crippen molar-refractivity contribution in [3.63, 3.8) is 0 Å². The SMILES string of the molecule is O=C(O[C@@H](C(=O)Nc1cccc(S(=O)(=O)N2CCOCC2)c1)c1ccccc1)c1cccnc1Cl. The molecule has 2 aromatic carbocycles. The fourth-order valence-corrected chi connectivity index (χ4v) is 5.14. The van der Waals surface area contributed by atoms with Crippen LogP contribution in [0.15, 0.2) is 77.8 Å². The predicted octanol–water partition coefficient (Wildman–Crippen LogP) is 3.29. The maximum atomic E-state index is 13.2. The maximum absolute atomic E-state index is 13.2. The number of hydrogen-bond acceptors (Lipinski definition) is 7. The number of aromatic nitrogens is 1. The van der Waals surface area contributed by atoms with Crippen LogP contribution >= 0.6 is 11.6 Å². The average Bonchev–Trinajstić information content (AvgIpc) is 2.88. The van der Waals surface area contributed by atoms with Gasteiger partial charge in [0, 0.05) is 30.5 Å². The van der Waals surface area contributed by atoms with E-state index >= 15 is 0 Å². The Morgan fingerprint density at radius 2 is 1.77 bits per heavy atom. The van der Waals surface area contributed by atoms with Crippen LogP contribution in [0.2, 0.25) is 5.15 Å². The lowest BCUT2D eigenvalue weighted by Crippen LogP contribution is -2.40. The van der Waals surface area contributed by atoms with E-state index < -0.39 is 28.0 Å². The Bertz CT molecular complexity index is 1310. The third kappa shape index (κ3) is 5.85. The van der Waals surface area contributed by atoms with Crippen molar-refractivity contribution in [3.05, 3.63) is 89.2 Å². The number of amides is 1. The van der Waals surface area contributed by atoms with E-state index in [2.05, 4.69) is 10.3 Å². The topological polar surface area (TPSA) is 115 Å². The Kier molecular flexibility index (Phi) is 7.76. The number of pyridine rings is 1. The summed E-state index contributed by atoms with van der Waals surface area (Å²) in [6, 6.07) is 17.3. The molecule has 4 rings (SSSR count). The van der Waals surface area contributed by atoms with Crippen LogP contribution < -0.4 is 5.32 Å². The van der Waals surface area contributed by atoms with Crippen molar-refractivity contribution in [3.8, 4) is 0 Å². The lowest BCUT2D eigenvalue weighted by molar-refractivity contribution is -0.125. The second-order valence-electron chi connectivity index (χ2n) is 7.57. The number of hydrogen-bond donors (Lipinski definition) is 1. The molecule has 35 heavy (non-hydrogen) atoms. The molecule has 3 aromatic rings. The van der Waals surface area contributed by atoms with E-state index in [-0.39, 0.29) is 34.4 Å². The van der Waals surface area contributed by atoms with Crippen LogP contribution in [0.25, 0.3) is 0 Å². The van der Waals surface area contributed by atoms with Crippen molar-refractivity contribution in [1.29, 1.82) is 0 Å². The first-order valence-electron chi connectivity index (χ1n) is 10.7.